The van der Waals surface area contributed by atoms with Gasteiger partial charge < -0.3 is 4.74 Å². The Bertz CT molecular complexity index is 641. The van der Waals surface area contributed by atoms with Crippen LogP contribution in [0.5, 0.6) is 5.75 Å². The van der Waals surface area contributed by atoms with Crippen molar-refractivity contribution in [3.05, 3.63) is 63.4 Å². The zero-order chi connectivity index (χ0) is 14.0. The molecule has 0 atom stereocenters. The van der Waals surface area contributed by atoms with Gasteiger partial charge in [0.15, 0.2) is 17.3 Å². The van der Waals surface area contributed by atoms with Gasteiger partial charge in [0.2, 0.25) is 0 Å². The summed E-state index contributed by atoms with van der Waals surface area (Å²) in [6, 6.07) is 8.70. The summed E-state index contributed by atoms with van der Waals surface area (Å²) in [6.45, 7) is 0. The van der Waals surface area contributed by atoms with Crippen LogP contribution in [0.25, 0.3) is 0 Å². The first-order chi connectivity index (χ1) is 9.04. The van der Waals surface area contributed by atoms with Gasteiger partial charge in [-0.25, -0.2) is 4.39 Å². The van der Waals surface area contributed by atoms with E-state index in [0.29, 0.717) is 0 Å². The van der Waals surface area contributed by atoms with Crippen LogP contribution in [0.3, 0.4) is 0 Å². The van der Waals surface area contributed by atoms with Gasteiger partial charge in [0, 0.05) is 11.1 Å². The zero-order valence-corrected chi connectivity index (χ0v) is 11.4. The van der Waals surface area contributed by atoms with E-state index in [1.807, 2.05) is 0 Å². The molecule has 98 valence electrons. The fourth-order valence-corrected chi connectivity index (χ4v) is 2.03. The van der Waals surface area contributed by atoms with E-state index < -0.39 is 11.6 Å². The molecule has 0 aliphatic carbocycles. The Balaban J connectivity index is 2.44. The Morgan fingerprint density at radius 2 is 1.95 bits per heavy atom. The van der Waals surface area contributed by atoms with Crippen molar-refractivity contribution in [1.29, 1.82) is 0 Å². The molecular weight excluding hydrogens is 290 g/mol. The number of hydrogen-bond acceptors (Lipinski definition) is 2. The van der Waals surface area contributed by atoms with E-state index in [1.54, 1.807) is 18.2 Å². The minimum atomic E-state index is -0.605. The normalized spacial score (nSPS) is 10.3. The Hall–Kier alpha value is -1.58. The predicted octanol–water partition coefficient (Wildman–Crippen LogP) is 4.37. The molecule has 0 unspecified atom stereocenters. The average Bonchev–Trinajstić information content (AvgIpc) is 2.41. The van der Waals surface area contributed by atoms with Crippen molar-refractivity contribution in [2.45, 2.75) is 0 Å². The summed E-state index contributed by atoms with van der Waals surface area (Å²) < 4.78 is 18.4. The molecule has 0 amide bonds. The molecule has 0 saturated heterocycles. The largest absolute Gasteiger partial charge is 0.494 e. The summed E-state index contributed by atoms with van der Waals surface area (Å²) in [7, 11) is 1.35. The number of benzene rings is 2. The maximum Gasteiger partial charge on any atom is 0.194 e. The second-order valence-corrected chi connectivity index (χ2v) is 4.56. The first-order valence-corrected chi connectivity index (χ1v) is 6.12. The number of halogens is 3. The van der Waals surface area contributed by atoms with Crippen molar-refractivity contribution in [1.82, 2.24) is 0 Å². The first kappa shape index (κ1) is 13.8. The molecule has 2 aromatic rings. The highest BCUT2D eigenvalue weighted by atomic mass is 35.5. The number of rotatable bonds is 3. The number of carbonyl (C=O) groups excluding carboxylic acids is 1. The topological polar surface area (TPSA) is 26.3 Å². The molecule has 0 fully saturated rings. The molecule has 2 aromatic carbocycles. The van der Waals surface area contributed by atoms with E-state index in [2.05, 4.69) is 0 Å². The molecular formula is C14H9Cl2FO2. The minimum Gasteiger partial charge on any atom is -0.494 e. The van der Waals surface area contributed by atoms with Crippen LogP contribution in [0.2, 0.25) is 10.0 Å². The lowest BCUT2D eigenvalue weighted by Crippen LogP contribution is -2.03. The minimum absolute atomic E-state index is 0.0775. The molecule has 19 heavy (non-hydrogen) atoms. The van der Waals surface area contributed by atoms with Crippen LogP contribution in [-0.2, 0) is 0 Å². The monoisotopic (exact) mass is 298 g/mol. The fraction of sp³-hybridized carbons (Fsp3) is 0.0714. The van der Waals surface area contributed by atoms with Crippen molar-refractivity contribution in [2.75, 3.05) is 7.11 Å². The second kappa shape index (κ2) is 5.59. The number of hydrogen-bond donors (Lipinski definition) is 0. The summed E-state index contributed by atoms with van der Waals surface area (Å²) >= 11 is 11.8. The van der Waals surface area contributed by atoms with E-state index in [1.165, 1.54) is 19.2 Å². The molecule has 0 radical (unpaired) electrons. The quantitative estimate of drug-likeness (QED) is 0.787. The number of methoxy groups -OCH3 is 1. The van der Waals surface area contributed by atoms with Gasteiger partial charge in [0.05, 0.1) is 17.2 Å². The van der Waals surface area contributed by atoms with E-state index in [9.17, 15) is 9.18 Å². The number of ether oxygens (including phenoxy) is 1. The van der Waals surface area contributed by atoms with Gasteiger partial charge >= 0.3 is 0 Å². The molecule has 0 aromatic heterocycles. The molecule has 0 N–H and O–H groups in total. The van der Waals surface area contributed by atoms with Crippen LogP contribution in [-0.4, -0.2) is 12.9 Å². The van der Waals surface area contributed by atoms with Crippen LogP contribution in [0.1, 0.15) is 15.9 Å². The third-order valence-electron chi connectivity index (χ3n) is 2.61. The van der Waals surface area contributed by atoms with Crippen molar-refractivity contribution in [3.63, 3.8) is 0 Å². The zero-order valence-electron chi connectivity index (χ0n) is 9.91. The maximum absolute atomic E-state index is 13.6. The summed E-state index contributed by atoms with van der Waals surface area (Å²) in [4.78, 5) is 12.2. The van der Waals surface area contributed by atoms with Gasteiger partial charge in [0.25, 0.3) is 0 Å². The smallest absolute Gasteiger partial charge is 0.194 e. The van der Waals surface area contributed by atoms with Crippen LogP contribution >= 0.6 is 23.2 Å². The summed E-state index contributed by atoms with van der Waals surface area (Å²) in [5.41, 5.74) is 0.418. The van der Waals surface area contributed by atoms with Gasteiger partial charge in [-0.2, -0.15) is 0 Å². The molecule has 0 aliphatic rings. The van der Waals surface area contributed by atoms with Crippen LogP contribution in [0.15, 0.2) is 36.4 Å². The van der Waals surface area contributed by atoms with Crippen molar-refractivity contribution < 1.29 is 13.9 Å². The molecule has 0 saturated carbocycles. The van der Waals surface area contributed by atoms with Gasteiger partial charge in [0.1, 0.15) is 0 Å². The van der Waals surface area contributed by atoms with Crippen molar-refractivity contribution in [3.8, 4) is 5.75 Å². The van der Waals surface area contributed by atoms with Crippen LogP contribution in [0, 0.1) is 5.82 Å². The lowest BCUT2D eigenvalue weighted by molar-refractivity contribution is 0.103. The highest BCUT2D eigenvalue weighted by Gasteiger charge is 2.16. The molecule has 0 bridgehead atoms. The standard InChI is InChI=1S/C14H9Cl2FO2/c1-19-12-6-5-8(7-11(12)17)14(18)9-3-2-4-10(15)13(9)16/h2-7H,1H3. The molecule has 5 heteroatoms. The highest BCUT2D eigenvalue weighted by Crippen LogP contribution is 2.28. The third-order valence-corrected chi connectivity index (χ3v) is 3.43. The van der Waals surface area contributed by atoms with E-state index in [-0.39, 0.29) is 26.9 Å². The number of ketones is 1. The summed E-state index contributed by atoms with van der Waals surface area (Å²) in [5.74, 6) is -0.922. The van der Waals surface area contributed by atoms with Crippen molar-refractivity contribution in [2.24, 2.45) is 0 Å². The Labute approximate surface area is 119 Å². The maximum atomic E-state index is 13.6. The molecule has 0 heterocycles. The van der Waals surface area contributed by atoms with E-state index in [4.69, 9.17) is 27.9 Å². The Morgan fingerprint density at radius 3 is 2.58 bits per heavy atom. The first-order valence-electron chi connectivity index (χ1n) is 5.37. The summed E-state index contributed by atoms with van der Waals surface area (Å²) in [5, 5.41) is 0.437. The summed E-state index contributed by atoms with van der Waals surface area (Å²) in [6.07, 6.45) is 0. The lowest BCUT2D eigenvalue weighted by atomic mass is 10.0. The van der Waals surface area contributed by atoms with E-state index in [0.717, 1.165) is 6.07 Å². The highest BCUT2D eigenvalue weighted by molar-refractivity contribution is 6.44. The van der Waals surface area contributed by atoms with Gasteiger partial charge in [-0.1, -0.05) is 29.3 Å². The molecule has 0 spiro atoms. The van der Waals surface area contributed by atoms with Gasteiger partial charge in [-0.3, -0.25) is 4.79 Å². The average molecular weight is 299 g/mol. The predicted molar refractivity (Wildman–Crippen MR) is 72.8 cm³/mol. The van der Waals surface area contributed by atoms with Crippen molar-refractivity contribution >= 4 is 29.0 Å². The Morgan fingerprint density at radius 1 is 1.21 bits per heavy atom. The SMILES string of the molecule is COc1ccc(C(=O)c2cccc(Cl)c2Cl)cc1F. The lowest BCUT2D eigenvalue weighted by Gasteiger charge is -2.07. The van der Waals surface area contributed by atoms with Crippen LogP contribution < -0.4 is 4.74 Å². The molecule has 0 aliphatic heterocycles. The second-order valence-electron chi connectivity index (χ2n) is 3.78. The van der Waals surface area contributed by atoms with Gasteiger partial charge in [-0.15, -0.1) is 0 Å². The number of carbonyl (C=O) groups is 1. The third kappa shape index (κ3) is 2.72. The Kier molecular flexibility index (Phi) is 4.08. The molecule has 2 rings (SSSR count). The van der Waals surface area contributed by atoms with Crippen LogP contribution in [0.4, 0.5) is 4.39 Å². The van der Waals surface area contributed by atoms with E-state index >= 15 is 0 Å². The van der Waals surface area contributed by atoms with Gasteiger partial charge in [-0.05, 0) is 30.3 Å². The molecule has 2 nitrogen and oxygen atoms in total. The fourth-order valence-electron chi connectivity index (χ4n) is 1.64.